The van der Waals surface area contributed by atoms with Gasteiger partial charge in [0.25, 0.3) is 0 Å². The van der Waals surface area contributed by atoms with Crippen molar-refractivity contribution < 1.29 is 14.6 Å². The molecule has 2 rings (SSSR count). The molecule has 114 valence electrons. The van der Waals surface area contributed by atoms with Gasteiger partial charge in [-0.1, -0.05) is 17.7 Å². The molecule has 0 aliphatic heterocycles. The Labute approximate surface area is 129 Å². The molecule has 0 unspecified atom stereocenters. The fourth-order valence-corrected chi connectivity index (χ4v) is 2.28. The summed E-state index contributed by atoms with van der Waals surface area (Å²) in [6, 6.07) is 5.35. The zero-order chi connectivity index (χ0) is 15.6. The summed E-state index contributed by atoms with van der Waals surface area (Å²) in [4.78, 5) is 0. The van der Waals surface area contributed by atoms with Gasteiger partial charge >= 0.3 is 0 Å². The fraction of sp³-hybridized carbons (Fsp3) is 0.400. The Morgan fingerprint density at radius 3 is 2.62 bits per heavy atom. The monoisotopic (exact) mass is 310 g/mol. The molecule has 0 bridgehead atoms. The second-order valence-electron chi connectivity index (χ2n) is 4.85. The molecule has 0 aliphatic carbocycles. The van der Waals surface area contributed by atoms with E-state index in [4.69, 9.17) is 21.1 Å². The Balaban J connectivity index is 2.20. The van der Waals surface area contributed by atoms with E-state index in [-0.39, 0.29) is 0 Å². The maximum absolute atomic E-state index is 9.59. The second kappa shape index (κ2) is 6.37. The Morgan fingerprint density at radius 1 is 1.38 bits per heavy atom. The van der Waals surface area contributed by atoms with Crippen LogP contribution in [-0.4, -0.2) is 22.0 Å². The number of rotatable bonds is 5. The smallest absolute Gasteiger partial charge is 0.161 e. The Bertz CT molecular complexity index is 638. The van der Waals surface area contributed by atoms with Crippen LogP contribution < -0.4 is 9.47 Å². The molecule has 0 saturated carbocycles. The molecule has 6 heteroatoms. The van der Waals surface area contributed by atoms with Gasteiger partial charge in [0.2, 0.25) is 0 Å². The van der Waals surface area contributed by atoms with E-state index in [1.807, 2.05) is 6.92 Å². The summed E-state index contributed by atoms with van der Waals surface area (Å²) in [7, 11) is 3.35. The van der Waals surface area contributed by atoms with Gasteiger partial charge in [0, 0.05) is 12.6 Å². The molecule has 0 amide bonds. The van der Waals surface area contributed by atoms with E-state index in [1.54, 1.807) is 44.0 Å². The number of aryl methyl sites for hydroxylation is 2. The van der Waals surface area contributed by atoms with Gasteiger partial charge in [-0.15, -0.1) is 0 Å². The van der Waals surface area contributed by atoms with Crippen LogP contribution in [0.4, 0.5) is 0 Å². The summed E-state index contributed by atoms with van der Waals surface area (Å²) < 4.78 is 12.7. The Kier molecular flexibility index (Phi) is 4.75. The first kappa shape index (κ1) is 15.7. The summed E-state index contributed by atoms with van der Waals surface area (Å²) in [5.74, 6) is 1.17. The average molecular weight is 311 g/mol. The second-order valence-corrected chi connectivity index (χ2v) is 5.21. The molecule has 2 aromatic rings. The molecule has 0 saturated heterocycles. The van der Waals surface area contributed by atoms with Crippen molar-refractivity contribution in [1.82, 2.24) is 9.78 Å². The van der Waals surface area contributed by atoms with Crippen LogP contribution in [0, 0.1) is 6.92 Å². The number of hydrogen-bond acceptors (Lipinski definition) is 4. The number of aliphatic hydroxyl groups is 1. The standard InChI is InChI=1S/C15H19ClN2O3/c1-9-12(15(16)18(3)17-9)8-21-13-6-5-11(10(2)19)7-14(13)20-4/h5-7,10,19H,8H2,1-4H3/t10-/m0/s1. The SMILES string of the molecule is COc1cc([C@H](C)O)ccc1OCc1c(C)nn(C)c1Cl. The van der Waals surface area contributed by atoms with E-state index in [0.717, 1.165) is 16.8 Å². The van der Waals surface area contributed by atoms with Crippen molar-refractivity contribution >= 4 is 11.6 Å². The van der Waals surface area contributed by atoms with Crippen LogP contribution >= 0.6 is 11.6 Å². The molecule has 1 atom stereocenters. The van der Waals surface area contributed by atoms with Gasteiger partial charge < -0.3 is 14.6 Å². The number of hydrogen-bond donors (Lipinski definition) is 1. The highest BCUT2D eigenvalue weighted by Gasteiger charge is 2.14. The minimum Gasteiger partial charge on any atom is -0.493 e. The molecule has 1 N–H and O–H groups in total. The predicted molar refractivity (Wildman–Crippen MR) is 80.9 cm³/mol. The van der Waals surface area contributed by atoms with E-state index in [9.17, 15) is 5.11 Å². The van der Waals surface area contributed by atoms with E-state index in [0.29, 0.717) is 23.3 Å². The Morgan fingerprint density at radius 2 is 2.10 bits per heavy atom. The number of aromatic nitrogens is 2. The number of halogens is 1. The third-order valence-corrected chi connectivity index (χ3v) is 3.78. The summed E-state index contributed by atoms with van der Waals surface area (Å²) in [6.45, 7) is 3.90. The van der Waals surface area contributed by atoms with Gasteiger partial charge in [0.1, 0.15) is 11.8 Å². The van der Waals surface area contributed by atoms with Gasteiger partial charge in [-0.05, 0) is 31.5 Å². The van der Waals surface area contributed by atoms with Crippen LogP contribution in [0.2, 0.25) is 5.15 Å². The topological polar surface area (TPSA) is 56.5 Å². The van der Waals surface area contributed by atoms with Crippen molar-refractivity contribution in [2.45, 2.75) is 26.6 Å². The summed E-state index contributed by atoms with van der Waals surface area (Å²) in [5, 5.41) is 14.4. The molecule has 1 aromatic heterocycles. The lowest BCUT2D eigenvalue weighted by Crippen LogP contribution is -2.00. The molecule has 0 fully saturated rings. The van der Waals surface area contributed by atoms with Gasteiger partial charge in [0.05, 0.1) is 18.9 Å². The van der Waals surface area contributed by atoms with Crippen molar-refractivity contribution in [3.63, 3.8) is 0 Å². The fourth-order valence-electron chi connectivity index (χ4n) is 2.05. The van der Waals surface area contributed by atoms with Crippen molar-refractivity contribution in [1.29, 1.82) is 0 Å². The number of aliphatic hydroxyl groups excluding tert-OH is 1. The Hall–Kier alpha value is -1.72. The number of nitrogens with zero attached hydrogens (tertiary/aromatic N) is 2. The lowest BCUT2D eigenvalue weighted by Gasteiger charge is -2.13. The molecular weight excluding hydrogens is 292 g/mol. The number of benzene rings is 1. The van der Waals surface area contributed by atoms with Crippen molar-refractivity contribution in [3.8, 4) is 11.5 Å². The van der Waals surface area contributed by atoms with E-state index >= 15 is 0 Å². The maximum atomic E-state index is 9.59. The summed E-state index contributed by atoms with van der Waals surface area (Å²) >= 11 is 6.18. The largest absolute Gasteiger partial charge is 0.493 e. The van der Waals surface area contributed by atoms with Crippen molar-refractivity contribution in [2.24, 2.45) is 7.05 Å². The van der Waals surface area contributed by atoms with Gasteiger partial charge in [-0.3, -0.25) is 4.68 Å². The van der Waals surface area contributed by atoms with Gasteiger partial charge in [-0.25, -0.2) is 0 Å². The van der Waals surface area contributed by atoms with Crippen molar-refractivity contribution in [2.75, 3.05) is 7.11 Å². The highest BCUT2D eigenvalue weighted by molar-refractivity contribution is 6.30. The molecule has 0 radical (unpaired) electrons. The molecule has 1 heterocycles. The minimum atomic E-state index is -0.553. The first-order valence-corrected chi connectivity index (χ1v) is 6.98. The minimum absolute atomic E-state index is 0.308. The molecule has 21 heavy (non-hydrogen) atoms. The van der Waals surface area contributed by atoms with Gasteiger partial charge in [-0.2, -0.15) is 5.10 Å². The number of ether oxygens (including phenoxy) is 2. The van der Waals surface area contributed by atoms with E-state index in [2.05, 4.69) is 5.10 Å². The van der Waals surface area contributed by atoms with Crippen LogP contribution in [0.1, 0.15) is 29.8 Å². The van der Waals surface area contributed by atoms with Crippen LogP contribution in [0.25, 0.3) is 0 Å². The zero-order valence-electron chi connectivity index (χ0n) is 12.6. The van der Waals surface area contributed by atoms with Crippen LogP contribution in [0.5, 0.6) is 11.5 Å². The molecule has 5 nitrogen and oxygen atoms in total. The highest BCUT2D eigenvalue weighted by atomic mass is 35.5. The lowest BCUT2D eigenvalue weighted by atomic mass is 10.1. The summed E-state index contributed by atoms with van der Waals surface area (Å²) in [5.41, 5.74) is 2.46. The van der Waals surface area contributed by atoms with E-state index < -0.39 is 6.10 Å². The van der Waals surface area contributed by atoms with Crippen LogP contribution in [0.3, 0.4) is 0 Å². The zero-order valence-corrected chi connectivity index (χ0v) is 13.3. The van der Waals surface area contributed by atoms with E-state index in [1.165, 1.54) is 0 Å². The molecular formula is C15H19ClN2O3. The predicted octanol–water partition coefficient (Wildman–Crippen LogP) is 3.02. The summed E-state index contributed by atoms with van der Waals surface area (Å²) in [6.07, 6.45) is -0.553. The highest BCUT2D eigenvalue weighted by Crippen LogP contribution is 2.31. The van der Waals surface area contributed by atoms with Gasteiger partial charge in [0.15, 0.2) is 11.5 Å². The number of methoxy groups -OCH3 is 1. The normalized spacial score (nSPS) is 12.3. The van der Waals surface area contributed by atoms with Crippen LogP contribution in [-0.2, 0) is 13.7 Å². The quantitative estimate of drug-likeness (QED) is 0.922. The van der Waals surface area contributed by atoms with Crippen LogP contribution in [0.15, 0.2) is 18.2 Å². The molecule has 0 spiro atoms. The first-order chi connectivity index (χ1) is 9.93. The molecule has 0 aliphatic rings. The average Bonchev–Trinajstić information content (AvgIpc) is 2.70. The van der Waals surface area contributed by atoms with Crippen molar-refractivity contribution in [3.05, 3.63) is 40.2 Å². The third-order valence-electron chi connectivity index (χ3n) is 3.31. The third kappa shape index (κ3) is 3.31. The molecule has 1 aromatic carbocycles. The maximum Gasteiger partial charge on any atom is 0.161 e. The first-order valence-electron chi connectivity index (χ1n) is 6.60. The lowest BCUT2D eigenvalue weighted by molar-refractivity contribution is 0.198.